The molecule has 27 heavy (non-hydrogen) atoms. The lowest BCUT2D eigenvalue weighted by Crippen LogP contribution is -2.37. The van der Waals surface area contributed by atoms with Gasteiger partial charge in [-0.05, 0) is 41.5 Å². The van der Waals surface area contributed by atoms with Crippen LogP contribution in [0.15, 0.2) is 42.5 Å². The van der Waals surface area contributed by atoms with E-state index in [1.54, 1.807) is 0 Å². The van der Waals surface area contributed by atoms with E-state index in [0.29, 0.717) is 17.9 Å². The molecule has 1 saturated carbocycles. The van der Waals surface area contributed by atoms with Crippen molar-refractivity contribution in [2.45, 2.75) is 39.0 Å². The molecule has 2 aromatic rings. The summed E-state index contributed by atoms with van der Waals surface area (Å²) in [7, 11) is 0. The first-order valence-electron chi connectivity index (χ1n) is 9.22. The zero-order valence-corrected chi connectivity index (χ0v) is 15.9. The Hall–Kier alpha value is -2.43. The van der Waals surface area contributed by atoms with Crippen molar-refractivity contribution in [2.24, 2.45) is 5.41 Å². The minimum atomic E-state index is -0.600. The number of carbonyl (C=O) groups is 1. The van der Waals surface area contributed by atoms with Crippen LogP contribution < -0.4 is 10.1 Å². The third kappa shape index (κ3) is 3.82. The van der Waals surface area contributed by atoms with Gasteiger partial charge in [0.25, 0.3) is 5.91 Å². The predicted octanol–water partition coefficient (Wildman–Crippen LogP) is 4.39. The molecule has 0 aliphatic heterocycles. The Kier molecular flexibility index (Phi) is 5.22. The monoisotopic (exact) mass is 373 g/mol. The molecule has 1 unspecified atom stereocenters. The van der Waals surface area contributed by atoms with Gasteiger partial charge in [0.2, 0.25) is 0 Å². The molecule has 3 rings (SSSR count). The van der Waals surface area contributed by atoms with E-state index in [1.807, 2.05) is 45.0 Å². The first kappa shape index (κ1) is 19.3. The lowest BCUT2D eigenvalue weighted by molar-refractivity contribution is -0.123. The molecule has 0 bridgehead atoms. The number of rotatable bonds is 7. The number of halogens is 2. The van der Waals surface area contributed by atoms with E-state index in [2.05, 4.69) is 5.32 Å². The van der Waals surface area contributed by atoms with Crippen LogP contribution in [0.1, 0.15) is 38.3 Å². The van der Waals surface area contributed by atoms with Crippen LogP contribution in [0.5, 0.6) is 5.75 Å². The molecular formula is C22H25F2NO2. The van der Waals surface area contributed by atoms with E-state index in [9.17, 15) is 13.6 Å². The Bertz CT molecular complexity index is 850. The van der Waals surface area contributed by atoms with Crippen molar-refractivity contribution in [1.82, 2.24) is 5.32 Å². The van der Waals surface area contributed by atoms with Gasteiger partial charge in [-0.25, -0.2) is 8.78 Å². The van der Waals surface area contributed by atoms with Crippen LogP contribution in [0.4, 0.5) is 8.78 Å². The van der Waals surface area contributed by atoms with E-state index in [4.69, 9.17) is 4.74 Å². The fourth-order valence-electron chi connectivity index (χ4n) is 3.83. The molecule has 3 nitrogen and oxygen atoms in total. The number of hydrogen-bond donors (Lipinski definition) is 1. The lowest BCUT2D eigenvalue weighted by Gasteiger charge is -2.22. The van der Waals surface area contributed by atoms with Crippen molar-refractivity contribution in [2.75, 3.05) is 13.2 Å². The van der Waals surface area contributed by atoms with Crippen molar-refractivity contribution < 1.29 is 18.3 Å². The summed E-state index contributed by atoms with van der Waals surface area (Å²) in [4.78, 5) is 12.3. The normalized spacial score (nSPS) is 20.2. The largest absolute Gasteiger partial charge is 0.483 e. The summed E-state index contributed by atoms with van der Waals surface area (Å²) in [5, 5.41) is 2.86. The molecule has 1 aliphatic rings. The van der Waals surface area contributed by atoms with Gasteiger partial charge in [0.15, 0.2) is 6.61 Å². The first-order chi connectivity index (χ1) is 12.8. The quantitative estimate of drug-likeness (QED) is 0.782. The maximum Gasteiger partial charge on any atom is 0.257 e. The summed E-state index contributed by atoms with van der Waals surface area (Å²) >= 11 is 0. The number of amides is 1. The minimum absolute atomic E-state index is 0.0978. The number of para-hydroxylation sites is 1. The Morgan fingerprint density at radius 1 is 1.19 bits per heavy atom. The van der Waals surface area contributed by atoms with Gasteiger partial charge in [-0.1, -0.05) is 45.0 Å². The third-order valence-electron chi connectivity index (χ3n) is 5.66. The van der Waals surface area contributed by atoms with Crippen molar-refractivity contribution >= 4 is 5.91 Å². The molecule has 1 amide bonds. The summed E-state index contributed by atoms with van der Waals surface area (Å²) in [6, 6.07) is 11.3. The summed E-state index contributed by atoms with van der Waals surface area (Å²) in [5.74, 6) is -0.730. The topological polar surface area (TPSA) is 38.3 Å². The molecule has 144 valence electrons. The van der Waals surface area contributed by atoms with Gasteiger partial charge in [0, 0.05) is 18.0 Å². The second kappa shape index (κ2) is 7.29. The van der Waals surface area contributed by atoms with Gasteiger partial charge in [-0.3, -0.25) is 4.79 Å². The van der Waals surface area contributed by atoms with Crippen LogP contribution in [0.2, 0.25) is 0 Å². The standard InChI is InChI=1S/C22H25F2NO2/c1-4-15-7-5-6-8-19(15)27-12-20(26)25-14-22(13-21(22,2)3)17-10-9-16(23)11-18(17)24/h5-11H,4,12-14H2,1-3H3,(H,25,26). The zero-order valence-electron chi connectivity index (χ0n) is 15.9. The first-order valence-corrected chi connectivity index (χ1v) is 9.22. The molecule has 1 atom stereocenters. The fourth-order valence-corrected chi connectivity index (χ4v) is 3.83. The molecule has 5 heteroatoms. The van der Waals surface area contributed by atoms with E-state index in [1.165, 1.54) is 12.1 Å². The molecular weight excluding hydrogens is 348 g/mol. The highest BCUT2D eigenvalue weighted by Gasteiger charge is 2.62. The number of carbonyl (C=O) groups excluding carboxylic acids is 1. The second-order valence-corrected chi connectivity index (χ2v) is 7.79. The second-order valence-electron chi connectivity index (χ2n) is 7.79. The Morgan fingerprint density at radius 2 is 1.89 bits per heavy atom. The lowest BCUT2D eigenvalue weighted by atomic mass is 9.87. The predicted molar refractivity (Wildman–Crippen MR) is 101 cm³/mol. The highest BCUT2D eigenvalue weighted by atomic mass is 19.1. The molecule has 1 N–H and O–H groups in total. The molecule has 1 aliphatic carbocycles. The fraction of sp³-hybridized carbons (Fsp3) is 0.409. The van der Waals surface area contributed by atoms with Crippen LogP contribution in [0, 0.1) is 17.0 Å². The number of ether oxygens (including phenoxy) is 1. The van der Waals surface area contributed by atoms with E-state index in [0.717, 1.165) is 24.5 Å². The Labute approximate surface area is 158 Å². The molecule has 2 aromatic carbocycles. The Balaban J connectivity index is 1.64. The molecule has 0 heterocycles. The maximum atomic E-state index is 14.3. The van der Waals surface area contributed by atoms with Gasteiger partial charge in [-0.2, -0.15) is 0 Å². The summed E-state index contributed by atoms with van der Waals surface area (Å²) in [5.41, 5.74) is 0.793. The van der Waals surface area contributed by atoms with Crippen molar-refractivity contribution in [1.29, 1.82) is 0 Å². The van der Waals surface area contributed by atoms with Crippen molar-refractivity contribution in [3.05, 3.63) is 65.2 Å². The highest BCUT2D eigenvalue weighted by molar-refractivity contribution is 5.77. The highest BCUT2D eigenvalue weighted by Crippen LogP contribution is 2.64. The van der Waals surface area contributed by atoms with E-state index >= 15 is 0 Å². The molecule has 0 aromatic heterocycles. The Morgan fingerprint density at radius 3 is 2.52 bits per heavy atom. The average molecular weight is 373 g/mol. The van der Waals surface area contributed by atoms with Gasteiger partial charge in [-0.15, -0.1) is 0 Å². The van der Waals surface area contributed by atoms with Gasteiger partial charge in [0.1, 0.15) is 17.4 Å². The van der Waals surface area contributed by atoms with Gasteiger partial charge < -0.3 is 10.1 Å². The summed E-state index contributed by atoms with van der Waals surface area (Å²) in [6.45, 7) is 6.27. The molecule has 0 radical (unpaired) electrons. The van der Waals surface area contributed by atoms with E-state index in [-0.39, 0.29) is 17.9 Å². The van der Waals surface area contributed by atoms with Crippen LogP contribution in [0.25, 0.3) is 0 Å². The number of benzene rings is 2. The number of hydrogen-bond acceptors (Lipinski definition) is 2. The molecule has 1 fully saturated rings. The minimum Gasteiger partial charge on any atom is -0.483 e. The molecule has 0 saturated heterocycles. The summed E-state index contributed by atoms with van der Waals surface area (Å²) in [6.07, 6.45) is 1.54. The molecule has 0 spiro atoms. The zero-order chi connectivity index (χ0) is 19.7. The maximum absolute atomic E-state index is 14.3. The van der Waals surface area contributed by atoms with E-state index < -0.39 is 17.0 Å². The number of nitrogens with one attached hydrogen (secondary N) is 1. The van der Waals surface area contributed by atoms with Crippen molar-refractivity contribution in [3.63, 3.8) is 0 Å². The third-order valence-corrected chi connectivity index (χ3v) is 5.66. The van der Waals surface area contributed by atoms with Crippen LogP contribution in [0.3, 0.4) is 0 Å². The summed E-state index contributed by atoms with van der Waals surface area (Å²) < 4.78 is 33.2. The van der Waals surface area contributed by atoms with Gasteiger partial charge >= 0.3 is 0 Å². The van der Waals surface area contributed by atoms with Crippen LogP contribution >= 0.6 is 0 Å². The smallest absolute Gasteiger partial charge is 0.257 e. The SMILES string of the molecule is CCc1ccccc1OCC(=O)NCC1(c2ccc(F)cc2F)CC1(C)C. The van der Waals surface area contributed by atoms with Crippen molar-refractivity contribution in [3.8, 4) is 5.75 Å². The van der Waals surface area contributed by atoms with Gasteiger partial charge in [0.05, 0.1) is 0 Å². The van der Waals surface area contributed by atoms with Crippen LogP contribution in [-0.4, -0.2) is 19.1 Å². The van der Waals surface area contributed by atoms with Crippen LogP contribution in [-0.2, 0) is 16.6 Å². The average Bonchev–Trinajstić information content (AvgIpc) is 3.20. The number of aryl methyl sites for hydroxylation is 1.